The number of carboxylic acid groups (broad SMARTS) is 1. The van der Waals surface area contributed by atoms with Crippen molar-refractivity contribution in [1.82, 2.24) is 0 Å². The first-order valence-electron chi connectivity index (χ1n) is 7.81. The molecule has 1 rings (SSSR count). The zero-order chi connectivity index (χ0) is 17.3. The lowest BCUT2D eigenvalue weighted by Crippen LogP contribution is -2.43. The summed E-state index contributed by atoms with van der Waals surface area (Å²) in [7, 11) is 0. The Morgan fingerprint density at radius 1 is 1.17 bits per heavy atom. The SMILES string of the molecule is CCCO[C@@](C)(CCC)C(=O)Nc1ccc(OCC(=O)O)cc1. The molecule has 0 bridgehead atoms. The smallest absolute Gasteiger partial charge is 0.341 e. The van der Waals surface area contributed by atoms with E-state index in [1.165, 1.54) is 0 Å². The zero-order valence-electron chi connectivity index (χ0n) is 13.9. The van der Waals surface area contributed by atoms with Crippen LogP contribution in [-0.2, 0) is 14.3 Å². The summed E-state index contributed by atoms with van der Waals surface area (Å²) >= 11 is 0. The molecule has 23 heavy (non-hydrogen) atoms. The van der Waals surface area contributed by atoms with Crippen molar-refractivity contribution in [2.75, 3.05) is 18.5 Å². The van der Waals surface area contributed by atoms with E-state index >= 15 is 0 Å². The van der Waals surface area contributed by atoms with Crippen molar-refractivity contribution < 1.29 is 24.2 Å². The fourth-order valence-electron chi connectivity index (χ4n) is 2.10. The molecule has 6 heteroatoms. The monoisotopic (exact) mass is 323 g/mol. The van der Waals surface area contributed by atoms with Gasteiger partial charge in [-0.3, -0.25) is 4.79 Å². The van der Waals surface area contributed by atoms with Crippen molar-refractivity contribution in [3.63, 3.8) is 0 Å². The van der Waals surface area contributed by atoms with Crippen molar-refractivity contribution >= 4 is 17.6 Å². The number of anilines is 1. The number of amides is 1. The molecular formula is C17H25NO5. The van der Waals surface area contributed by atoms with E-state index in [4.69, 9.17) is 14.6 Å². The number of nitrogens with one attached hydrogen (secondary N) is 1. The Balaban J connectivity index is 2.68. The molecule has 0 aliphatic heterocycles. The topological polar surface area (TPSA) is 84.9 Å². The van der Waals surface area contributed by atoms with Gasteiger partial charge in [0.2, 0.25) is 0 Å². The highest BCUT2D eigenvalue weighted by atomic mass is 16.5. The Morgan fingerprint density at radius 3 is 2.35 bits per heavy atom. The van der Waals surface area contributed by atoms with E-state index in [-0.39, 0.29) is 5.91 Å². The van der Waals surface area contributed by atoms with Crippen LogP contribution in [0, 0.1) is 0 Å². The van der Waals surface area contributed by atoms with Gasteiger partial charge in [-0.25, -0.2) is 4.79 Å². The summed E-state index contributed by atoms with van der Waals surface area (Å²) in [5, 5.41) is 11.4. The van der Waals surface area contributed by atoms with E-state index in [2.05, 4.69) is 5.32 Å². The molecule has 2 N–H and O–H groups in total. The highest BCUT2D eigenvalue weighted by molar-refractivity contribution is 5.97. The van der Waals surface area contributed by atoms with Crippen molar-refractivity contribution in [2.24, 2.45) is 0 Å². The Kier molecular flexibility index (Phi) is 7.54. The molecule has 6 nitrogen and oxygen atoms in total. The zero-order valence-corrected chi connectivity index (χ0v) is 13.9. The summed E-state index contributed by atoms with van der Waals surface area (Å²) in [5.41, 5.74) is -0.247. The molecule has 0 aromatic heterocycles. The predicted molar refractivity (Wildman–Crippen MR) is 87.8 cm³/mol. The molecule has 0 heterocycles. The number of ether oxygens (including phenoxy) is 2. The molecule has 1 atom stereocenters. The van der Waals surface area contributed by atoms with E-state index in [1.54, 1.807) is 31.2 Å². The number of hydrogen-bond donors (Lipinski definition) is 2. The third kappa shape index (κ3) is 6.28. The van der Waals surface area contributed by atoms with Crippen LogP contribution in [0.15, 0.2) is 24.3 Å². The number of hydrogen-bond acceptors (Lipinski definition) is 4. The van der Waals surface area contributed by atoms with Crippen molar-refractivity contribution in [3.05, 3.63) is 24.3 Å². The van der Waals surface area contributed by atoms with Gasteiger partial charge in [0.1, 0.15) is 11.4 Å². The van der Waals surface area contributed by atoms with E-state index in [1.807, 2.05) is 13.8 Å². The van der Waals surface area contributed by atoms with E-state index < -0.39 is 18.2 Å². The van der Waals surface area contributed by atoms with E-state index in [9.17, 15) is 9.59 Å². The third-order valence-corrected chi connectivity index (χ3v) is 3.31. The van der Waals surface area contributed by atoms with Crippen LogP contribution in [0.2, 0.25) is 0 Å². The lowest BCUT2D eigenvalue weighted by atomic mass is 9.99. The molecule has 0 unspecified atom stereocenters. The van der Waals surface area contributed by atoms with Gasteiger partial charge in [0.25, 0.3) is 5.91 Å². The molecule has 1 amide bonds. The van der Waals surface area contributed by atoms with Crippen LogP contribution >= 0.6 is 0 Å². The molecule has 0 aliphatic rings. The molecule has 0 aliphatic carbocycles. The van der Waals surface area contributed by atoms with E-state index in [0.29, 0.717) is 24.5 Å². The number of carbonyl (C=O) groups is 2. The van der Waals surface area contributed by atoms with Gasteiger partial charge in [0.05, 0.1) is 0 Å². The fourth-order valence-corrected chi connectivity index (χ4v) is 2.10. The summed E-state index contributed by atoms with van der Waals surface area (Å²) in [5.74, 6) is -0.790. The summed E-state index contributed by atoms with van der Waals surface area (Å²) in [6, 6.07) is 6.56. The lowest BCUT2D eigenvalue weighted by Gasteiger charge is -2.28. The molecular weight excluding hydrogens is 298 g/mol. The van der Waals surface area contributed by atoms with Crippen LogP contribution in [0.3, 0.4) is 0 Å². The minimum absolute atomic E-state index is 0.188. The number of rotatable bonds is 10. The normalized spacial score (nSPS) is 13.2. The van der Waals surface area contributed by atoms with Crippen molar-refractivity contribution in [3.8, 4) is 5.75 Å². The Labute approximate surface area is 136 Å². The van der Waals surface area contributed by atoms with Gasteiger partial charge in [-0.2, -0.15) is 0 Å². The fraction of sp³-hybridized carbons (Fsp3) is 0.529. The first kappa shape index (κ1) is 19.0. The largest absolute Gasteiger partial charge is 0.482 e. The second kappa shape index (κ2) is 9.15. The Hall–Kier alpha value is -2.08. The van der Waals surface area contributed by atoms with Gasteiger partial charge >= 0.3 is 5.97 Å². The van der Waals surface area contributed by atoms with Crippen LogP contribution in [0.4, 0.5) is 5.69 Å². The predicted octanol–water partition coefficient (Wildman–Crippen LogP) is 3.07. The number of carbonyl (C=O) groups excluding carboxylic acids is 1. The molecule has 1 aromatic carbocycles. The summed E-state index contributed by atoms with van der Waals surface area (Å²) in [6.45, 7) is 5.94. The first-order chi connectivity index (χ1) is 10.9. The summed E-state index contributed by atoms with van der Waals surface area (Å²) in [4.78, 5) is 22.9. The number of carboxylic acids is 1. The second-order valence-corrected chi connectivity index (χ2v) is 5.49. The third-order valence-electron chi connectivity index (χ3n) is 3.31. The first-order valence-corrected chi connectivity index (χ1v) is 7.81. The minimum atomic E-state index is -1.04. The van der Waals surface area contributed by atoms with Crippen LogP contribution in [0.1, 0.15) is 40.0 Å². The maximum absolute atomic E-state index is 12.5. The van der Waals surface area contributed by atoms with Gasteiger partial charge in [0, 0.05) is 12.3 Å². The molecule has 0 saturated heterocycles. The van der Waals surface area contributed by atoms with Gasteiger partial charge < -0.3 is 19.9 Å². The quantitative estimate of drug-likeness (QED) is 0.691. The second-order valence-electron chi connectivity index (χ2n) is 5.49. The average molecular weight is 323 g/mol. The molecule has 0 spiro atoms. The van der Waals surface area contributed by atoms with Gasteiger partial charge in [-0.05, 0) is 44.0 Å². The highest BCUT2D eigenvalue weighted by Gasteiger charge is 2.33. The molecule has 128 valence electrons. The van der Waals surface area contributed by atoms with Crippen molar-refractivity contribution in [1.29, 1.82) is 0 Å². The minimum Gasteiger partial charge on any atom is -0.482 e. The lowest BCUT2D eigenvalue weighted by molar-refractivity contribution is -0.140. The maximum atomic E-state index is 12.5. The maximum Gasteiger partial charge on any atom is 0.341 e. The average Bonchev–Trinajstić information content (AvgIpc) is 2.52. The van der Waals surface area contributed by atoms with Crippen molar-refractivity contribution in [2.45, 2.75) is 45.6 Å². The number of benzene rings is 1. The van der Waals surface area contributed by atoms with Crippen LogP contribution in [-0.4, -0.2) is 35.8 Å². The van der Waals surface area contributed by atoms with Gasteiger partial charge in [-0.15, -0.1) is 0 Å². The van der Waals surface area contributed by atoms with Crippen LogP contribution < -0.4 is 10.1 Å². The van der Waals surface area contributed by atoms with E-state index in [0.717, 1.165) is 12.8 Å². The standard InChI is InChI=1S/C17H25NO5/c1-4-10-17(3,23-11-5-2)16(21)18-13-6-8-14(9-7-13)22-12-15(19)20/h6-9H,4-5,10-12H2,1-3H3,(H,18,21)(H,19,20)/t17-/m0/s1. The summed E-state index contributed by atoms with van der Waals surface area (Å²) < 4.78 is 10.8. The van der Waals surface area contributed by atoms with Gasteiger partial charge in [0.15, 0.2) is 6.61 Å². The van der Waals surface area contributed by atoms with Crippen LogP contribution in [0.25, 0.3) is 0 Å². The molecule has 0 fully saturated rings. The Morgan fingerprint density at radius 2 is 1.83 bits per heavy atom. The highest BCUT2D eigenvalue weighted by Crippen LogP contribution is 2.22. The number of aliphatic carboxylic acids is 1. The van der Waals surface area contributed by atoms with Gasteiger partial charge in [-0.1, -0.05) is 20.3 Å². The molecule has 0 radical (unpaired) electrons. The molecule has 1 aromatic rings. The Bertz CT molecular complexity index is 514. The van der Waals surface area contributed by atoms with Crippen LogP contribution in [0.5, 0.6) is 5.75 Å². The molecule has 0 saturated carbocycles. The summed E-state index contributed by atoms with van der Waals surface area (Å²) in [6.07, 6.45) is 2.33.